The van der Waals surface area contributed by atoms with Gasteiger partial charge in [0.25, 0.3) is 0 Å². The number of aryl methyl sites for hydroxylation is 1. The van der Waals surface area contributed by atoms with Gasteiger partial charge in [0.05, 0.1) is 12.5 Å². The average Bonchev–Trinajstić information content (AvgIpc) is 2.26. The van der Waals surface area contributed by atoms with Crippen molar-refractivity contribution in [2.75, 3.05) is 7.11 Å². The van der Waals surface area contributed by atoms with Crippen LogP contribution in [0.5, 0.6) is 5.75 Å². The van der Waals surface area contributed by atoms with E-state index >= 15 is 0 Å². The molecule has 0 amide bonds. The van der Waals surface area contributed by atoms with Gasteiger partial charge in [-0.25, -0.2) is 0 Å². The van der Waals surface area contributed by atoms with Gasteiger partial charge in [0.15, 0.2) is 0 Å². The highest BCUT2D eigenvalue weighted by Gasteiger charge is 2.21. The summed E-state index contributed by atoms with van der Waals surface area (Å²) in [6.45, 7) is 8.70. The van der Waals surface area contributed by atoms with Crippen LogP contribution in [0.4, 0.5) is 0 Å². The van der Waals surface area contributed by atoms with E-state index in [1.54, 1.807) is 7.11 Å². The van der Waals surface area contributed by atoms with Crippen molar-refractivity contribution in [1.29, 1.82) is 0 Å². The standard InChI is InChI=1S/C14H21ClO/c1-9(2)11(4)14(15)13-7-6-12(16-5)8-10(13)3/h6-9,11,14H,1-5H3. The summed E-state index contributed by atoms with van der Waals surface area (Å²) in [4.78, 5) is 0. The van der Waals surface area contributed by atoms with Crippen molar-refractivity contribution in [3.05, 3.63) is 29.3 Å². The number of halogens is 1. The highest BCUT2D eigenvalue weighted by molar-refractivity contribution is 6.21. The molecule has 0 N–H and O–H groups in total. The highest BCUT2D eigenvalue weighted by Crippen LogP contribution is 2.36. The largest absolute Gasteiger partial charge is 0.497 e. The molecule has 0 saturated heterocycles. The minimum atomic E-state index is 0.0749. The molecule has 0 aliphatic rings. The maximum absolute atomic E-state index is 6.51. The van der Waals surface area contributed by atoms with E-state index in [1.807, 2.05) is 12.1 Å². The van der Waals surface area contributed by atoms with Crippen LogP contribution in [-0.4, -0.2) is 7.11 Å². The van der Waals surface area contributed by atoms with E-state index in [0.29, 0.717) is 11.8 Å². The van der Waals surface area contributed by atoms with Gasteiger partial charge in [-0.3, -0.25) is 0 Å². The first kappa shape index (κ1) is 13.4. The fraction of sp³-hybridized carbons (Fsp3) is 0.571. The van der Waals surface area contributed by atoms with Gasteiger partial charge >= 0.3 is 0 Å². The molecule has 0 spiro atoms. The first-order valence-electron chi connectivity index (χ1n) is 5.76. The summed E-state index contributed by atoms with van der Waals surface area (Å²) in [6.07, 6.45) is 0. The van der Waals surface area contributed by atoms with Crippen molar-refractivity contribution >= 4 is 11.6 Å². The first-order chi connectivity index (χ1) is 7.47. The SMILES string of the molecule is COc1ccc(C(Cl)C(C)C(C)C)c(C)c1. The van der Waals surface area contributed by atoms with E-state index in [9.17, 15) is 0 Å². The lowest BCUT2D eigenvalue weighted by Crippen LogP contribution is -2.11. The molecule has 0 saturated carbocycles. The molecule has 2 atom stereocenters. The lowest BCUT2D eigenvalue weighted by atomic mass is 9.89. The third-order valence-corrected chi connectivity index (χ3v) is 3.92. The van der Waals surface area contributed by atoms with Crippen molar-refractivity contribution in [2.45, 2.75) is 33.1 Å². The predicted octanol–water partition coefficient (Wildman–Crippen LogP) is 4.58. The molecule has 0 heterocycles. The van der Waals surface area contributed by atoms with Crippen molar-refractivity contribution in [3.8, 4) is 5.75 Å². The van der Waals surface area contributed by atoms with Crippen LogP contribution in [0.15, 0.2) is 18.2 Å². The second kappa shape index (κ2) is 5.58. The molecule has 1 aromatic carbocycles. The zero-order valence-electron chi connectivity index (χ0n) is 10.8. The third kappa shape index (κ3) is 2.91. The Morgan fingerprint density at radius 3 is 2.25 bits per heavy atom. The summed E-state index contributed by atoms with van der Waals surface area (Å²) in [7, 11) is 1.68. The molecule has 0 aliphatic carbocycles. The van der Waals surface area contributed by atoms with Crippen LogP contribution in [0.25, 0.3) is 0 Å². The molecule has 1 nitrogen and oxygen atoms in total. The van der Waals surface area contributed by atoms with Gasteiger partial charge in [-0.1, -0.05) is 26.8 Å². The van der Waals surface area contributed by atoms with Gasteiger partial charge in [-0.2, -0.15) is 0 Å². The number of hydrogen-bond donors (Lipinski definition) is 0. The molecule has 0 aliphatic heterocycles. The second-order valence-electron chi connectivity index (χ2n) is 4.73. The number of benzene rings is 1. The third-order valence-electron chi connectivity index (χ3n) is 3.29. The molecule has 0 fully saturated rings. The normalized spacial score (nSPS) is 14.9. The van der Waals surface area contributed by atoms with E-state index < -0.39 is 0 Å². The van der Waals surface area contributed by atoms with E-state index in [2.05, 4.69) is 33.8 Å². The Balaban J connectivity index is 2.96. The van der Waals surface area contributed by atoms with E-state index in [-0.39, 0.29) is 5.38 Å². The number of methoxy groups -OCH3 is 1. The van der Waals surface area contributed by atoms with Crippen LogP contribution in [0, 0.1) is 18.8 Å². The number of rotatable bonds is 4. The Morgan fingerprint density at radius 2 is 1.81 bits per heavy atom. The van der Waals surface area contributed by atoms with Gasteiger partial charge in [0, 0.05) is 0 Å². The van der Waals surface area contributed by atoms with Crippen molar-refractivity contribution < 1.29 is 4.74 Å². The fourth-order valence-corrected chi connectivity index (χ4v) is 2.24. The molecule has 1 rings (SSSR count). The number of ether oxygens (including phenoxy) is 1. The Bertz CT molecular complexity index is 347. The van der Waals surface area contributed by atoms with Crippen molar-refractivity contribution in [1.82, 2.24) is 0 Å². The number of hydrogen-bond acceptors (Lipinski definition) is 1. The van der Waals surface area contributed by atoms with Gasteiger partial charge in [-0.05, 0) is 42.0 Å². The van der Waals surface area contributed by atoms with Crippen LogP contribution in [0.1, 0.15) is 37.3 Å². The quantitative estimate of drug-likeness (QED) is 0.701. The molecule has 0 aromatic heterocycles. The average molecular weight is 241 g/mol. The minimum absolute atomic E-state index is 0.0749. The van der Waals surface area contributed by atoms with Gasteiger partial charge < -0.3 is 4.74 Å². The monoisotopic (exact) mass is 240 g/mol. The molecule has 2 heteroatoms. The molecule has 16 heavy (non-hydrogen) atoms. The van der Waals surface area contributed by atoms with Crippen LogP contribution in [0.3, 0.4) is 0 Å². The molecule has 1 aromatic rings. The maximum Gasteiger partial charge on any atom is 0.119 e. The smallest absolute Gasteiger partial charge is 0.119 e. The summed E-state index contributed by atoms with van der Waals surface area (Å²) in [6, 6.07) is 6.09. The fourth-order valence-electron chi connectivity index (χ4n) is 1.71. The highest BCUT2D eigenvalue weighted by atomic mass is 35.5. The van der Waals surface area contributed by atoms with Gasteiger partial charge in [0.2, 0.25) is 0 Å². The summed E-state index contributed by atoms with van der Waals surface area (Å²) in [5.74, 6) is 1.94. The molecule has 0 bridgehead atoms. The van der Waals surface area contributed by atoms with Gasteiger partial charge in [0.1, 0.15) is 5.75 Å². The minimum Gasteiger partial charge on any atom is -0.497 e. The topological polar surface area (TPSA) is 9.23 Å². The molecule has 0 radical (unpaired) electrons. The van der Waals surface area contributed by atoms with E-state index in [0.717, 1.165) is 5.75 Å². The van der Waals surface area contributed by atoms with Crippen LogP contribution < -0.4 is 4.74 Å². The molecule has 90 valence electrons. The summed E-state index contributed by atoms with van der Waals surface area (Å²) >= 11 is 6.51. The van der Waals surface area contributed by atoms with Crippen molar-refractivity contribution in [3.63, 3.8) is 0 Å². The molecule has 2 unspecified atom stereocenters. The van der Waals surface area contributed by atoms with E-state index in [1.165, 1.54) is 11.1 Å². The Hall–Kier alpha value is -0.690. The summed E-state index contributed by atoms with van der Waals surface area (Å²) < 4.78 is 5.19. The van der Waals surface area contributed by atoms with E-state index in [4.69, 9.17) is 16.3 Å². The van der Waals surface area contributed by atoms with Crippen molar-refractivity contribution in [2.24, 2.45) is 11.8 Å². The lowest BCUT2D eigenvalue weighted by Gasteiger charge is -2.23. The maximum atomic E-state index is 6.51. The predicted molar refractivity (Wildman–Crippen MR) is 70.3 cm³/mol. The molecular formula is C14H21ClO. The lowest BCUT2D eigenvalue weighted by molar-refractivity contribution is 0.402. The summed E-state index contributed by atoms with van der Waals surface area (Å²) in [5, 5.41) is 0.0749. The second-order valence-corrected chi connectivity index (χ2v) is 5.20. The first-order valence-corrected chi connectivity index (χ1v) is 6.19. The van der Waals surface area contributed by atoms with Crippen LogP contribution in [0.2, 0.25) is 0 Å². The summed E-state index contributed by atoms with van der Waals surface area (Å²) in [5.41, 5.74) is 2.41. The zero-order chi connectivity index (χ0) is 12.3. The van der Waals surface area contributed by atoms with Crippen LogP contribution in [-0.2, 0) is 0 Å². The Kier molecular flexibility index (Phi) is 4.67. The molecular weight excluding hydrogens is 220 g/mol. The Labute approximate surface area is 104 Å². The number of alkyl halides is 1. The zero-order valence-corrected chi connectivity index (χ0v) is 11.5. The Morgan fingerprint density at radius 1 is 1.19 bits per heavy atom. The van der Waals surface area contributed by atoms with Gasteiger partial charge in [-0.15, -0.1) is 11.6 Å². The van der Waals surface area contributed by atoms with Crippen LogP contribution >= 0.6 is 11.6 Å².